The van der Waals surface area contributed by atoms with E-state index < -0.39 is 0 Å². The molecule has 6 heteroatoms. The van der Waals surface area contributed by atoms with Crippen LogP contribution in [0, 0.1) is 11.6 Å². The number of hydrogen-bond donors (Lipinski definition) is 1. The number of aromatic nitrogens is 2. The molecule has 146 valence electrons. The summed E-state index contributed by atoms with van der Waals surface area (Å²) in [6.45, 7) is 2.58. The van der Waals surface area contributed by atoms with E-state index in [2.05, 4.69) is 15.1 Å². The minimum atomic E-state index is -0.347. The van der Waals surface area contributed by atoms with Crippen LogP contribution in [0.25, 0.3) is 11.1 Å². The van der Waals surface area contributed by atoms with Crippen LogP contribution < -0.4 is 4.74 Å². The van der Waals surface area contributed by atoms with Gasteiger partial charge in [0.2, 0.25) is 0 Å². The van der Waals surface area contributed by atoms with Gasteiger partial charge in [0.15, 0.2) is 11.6 Å². The first kappa shape index (κ1) is 18.6. The van der Waals surface area contributed by atoms with Crippen molar-refractivity contribution in [3.05, 3.63) is 71.6 Å². The van der Waals surface area contributed by atoms with Crippen molar-refractivity contribution in [1.29, 1.82) is 0 Å². The summed E-state index contributed by atoms with van der Waals surface area (Å²) in [7, 11) is 1.48. The fraction of sp³-hybridized carbons (Fsp3) is 0.318. The van der Waals surface area contributed by atoms with E-state index in [4.69, 9.17) is 4.74 Å². The molecule has 0 saturated carbocycles. The maximum Gasteiger partial charge on any atom is 0.165 e. The van der Waals surface area contributed by atoms with E-state index >= 15 is 0 Å². The largest absolute Gasteiger partial charge is 0.494 e. The van der Waals surface area contributed by atoms with Gasteiger partial charge in [-0.25, -0.2) is 8.78 Å². The number of nitrogens with zero attached hydrogens (tertiary/aromatic N) is 2. The topological polar surface area (TPSA) is 41.1 Å². The Bertz CT molecular complexity index is 956. The molecular formula is C22H23F2N3O. The minimum Gasteiger partial charge on any atom is -0.494 e. The van der Waals surface area contributed by atoms with Crippen LogP contribution in [0.3, 0.4) is 0 Å². The molecule has 0 radical (unpaired) electrons. The number of nitrogens with one attached hydrogen (secondary N) is 1. The third-order valence-electron chi connectivity index (χ3n) is 5.34. The monoisotopic (exact) mass is 383 g/mol. The molecule has 0 spiro atoms. The number of ether oxygens (including phenoxy) is 1. The molecule has 1 N–H and O–H groups in total. The minimum absolute atomic E-state index is 0.250. The quantitative estimate of drug-likeness (QED) is 0.692. The summed E-state index contributed by atoms with van der Waals surface area (Å²) in [5.74, 6) is -0.0370. The highest BCUT2D eigenvalue weighted by Crippen LogP contribution is 2.33. The van der Waals surface area contributed by atoms with E-state index in [1.165, 1.54) is 19.2 Å². The van der Waals surface area contributed by atoms with E-state index in [-0.39, 0.29) is 23.3 Å². The van der Waals surface area contributed by atoms with Crippen molar-refractivity contribution in [3.63, 3.8) is 0 Å². The van der Waals surface area contributed by atoms with Crippen molar-refractivity contribution in [2.75, 3.05) is 20.2 Å². The van der Waals surface area contributed by atoms with E-state index in [9.17, 15) is 8.78 Å². The second-order valence-corrected chi connectivity index (χ2v) is 7.25. The lowest BCUT2D eigenvalue weighted by Gasteiger charge is -2.32. The van der Waals surface area contributed by atoms with Gasteiger partial charge in [-0.05, 0) is 54.8 Å². The van der Waals surface area contributed by atoms with E-state index in [0.29, 0.717) is 0 Å². The first-order valence-corrected chi connectivity index (χ1v) is 9.48. The number of methoxy groups -OCH3 is 1. The van der Waals surface area contributed by atoms with Crippen LogP contribution in [0.1, 0.15) is 30.0 Å². The van der Waals surface area contributed by atoms with Gasteiger partial charge in [-0.15, -0.1) is 0 Å². The van der Waals surface area contributed by atoms with Crippen molar-refractivity contribution in [2.24, 2.45) is 0 Å². The average molecular weight is 383 g/mol. The lowest BCUT2D eigenvalue weighted by atomic mass is 9.90. The van der Waals surface area contributed by atoms with Crippen LogP contribution in [0.15, 0.2) is 48.7 Å². The van der Waals surface area contributed by atoms with Gasteiger partial charge in [0, 0.05) is 30.3 Å². The van der Waals surface area contributed by atoms with Gasteiger partial charge < -0.3 is 4.74 Å². The SMILES string of the molecule is COc1cc(CN2CCCC(c3[nH]ncc3-c3cccc(F)c3)C2)ccc1F. The standard InChI is InChI=1S/C22H23F2N3O/c1-28-21-10-15(7-8-20(21)24)13-27-9-3-5-17(14-27)22-19(12-25-26-22)16-4-2-6-18(23)11-16/h2,4,6-8,10-12,17H,3,5,9,13-14H2,1H3,(H,25,26). The van der Waals surface area contributed by atoms with Gasteiger partial charge in [-0.1, -0.05) is 18.2 Å². The highest BCUT2D eigenvalue weighted by molar-refractivity contribution is 5.65. The molecule has 1 aromatic heterocycles. The Hall–Kier alpha value is -2.73. The van der Waals surface area contributed by atoms with Crippen LogP contribution >= 0.6 is 0 Å². The predicted octanol–water partition coefficient (Wildman–Crippen LogP) is 4.74. The number of halogens is 2. The predicted molar refractivity (Wildman–Crippen MR) is 104 cm³/mol. The smallest absolute Gasteiger partial charge is 0.165 e. The summed E-state index contributed by atoms with van der Waals surface area (Å²) in [6, 6.07) is 11.6. The molecule has 28 heavy (non-hydrogen) atoms. The Morgan fingerprint density at radius 1 is 1.21 bits per heavy atom. The van der Waals surface area contributed by atoms with Gasteiger partial charge in [-0.2, -0.15) is 5.10 Å². The zero-order valence-corrected chi connectivity index (χ0v) is 15.8. The number of hydrogen-bond acceptors (Lipinski definition) is 3. The Morgan fingerprint density at radius 2 is 2.11 bits per heavy atom. The van der Waals surface area contributed by atoms with Gasteiger partial charge in [0.25, 0.3) is 0 Å². The molecule has 1 aliphatic heterocycles. The molecule has 4 rings (SSSR count). The summed E-state index contributed by atoms with van der Waals surface area (Å²) in [5, 5.41) is 7.36. The fourth-order valence-corrected chi connectivity index (χ4v) is 3.99. The molecular weight excluding hydrogens is 360 g/mol. The summed E-state index contributed by atoms with van der Waals surface area (Å²) in [4.78, 5) is 2.36. The zero-order chi connectivity index (χ0) is 19.5. The molecule has 0 aliphatic carbocycles. The van der Waals surface area contributed by atoms with Gasteiger partial charge in [0.1, 0.15) is 5.82 Å². The number of piperidine rings is 1. The molecule has 1 fully saturated rings. The Labute approximate surface area is 163 Å². The molecule has 1 saturated heterocycles. The highest BCUT2D eigenvalue weighted by Gasteiger charge is 2.25. The van der Waals surface area contributed by atoms with Gasteiger partial charge >= 0.3 is 0 Å². The first-order valence-electron chi connectivity index (χ1n) is 9.48. The van der Waals surface area contributed by atoms with E-state index in [1.807, 2.05) is 6.07 Å². The summed E-state index contributed by atoms with van der Waals surface area (Å²) < 4.78 is 32.4. The maximum atomic E-state index is 13.7. The van der Waals surface area contributed by atoms with Crippen molar-refractivity contribution in [2.45, 2.75) is 25.3 Å². The molecule has 0 amide bonds. The second-order valence-electron chi connectivity index (χ2n) is 7.25. The zero-order valence-electron chi connectivity index (χ0n) is 15.8. The number of H-pyrrole nitrogens is 1. The van der Waals surface area contributed by atoms with Gasteiger partial charge in [-0.3, -0.25) is 10.00 Å². The third-order valence-corrected chi connectivity index (χ3v) is 5.34. The molecule has 3 aromatic rings. The Kier molecular flexibility index (Phi) is 5.39. The molecule has 2 aromatic carbocycles. The van der Waals surface area contributed by atoms with Crippen LogP contribution in [0.2, 0.25) is 0 Å². The van der Waals surface area contributed by atoms with E-state index in [0.717, 1.165) is 54.9 Å². The number of benzene rings is 2. The normalized spacial score (nSPS) is 17.6. The van der Waals surface area contributed by atoms with Crippen molar-refractivity contribution >= 4 is 0 Å². The average Bonchev–Trinajstić information content (AvgIpc) is 3.20. The van der Waals surface area contributed by atoms with Crippen LogP contribution in [-0.2, 0) is 6.54 Å². The van der Waals surface area contributed by atoms with Crippen molar-refractivity contribution < 1.29 is 13.5 Å². The number of likely N-dealkylation sites (tertiary alicyclic amines) is 1. The van der Waals surface area contributed by atoms with Crippen molar-refractivity contribution in [3.8, 4) is 16.9 Å². The molecule has 1 aliphatic rings. The Morgan fingerprint density at radius 3 is 2.93 bits per heavy atom. The maximum absolute atomic E-state index is 13.7. The number of rotatable bonds is 5. The Balaban J connectivity index is 1.51. The molecule has 0 bridgehead atoms. The highest BCUT2D eigenvalue weighted by atomic mass is 19.1. The summed E-state index contributed by atoms with van der Waals surface area (Å²) in [6.07, 6.45) is 3.88. The fourth-order valence-electron chi connectivity index (χ4n) is 3.99. The molecule has 2 heterocycles. The van der Waals surface area contributed by atoms with Crippen LogP contribution in [0.5, 0.6) is 5.75 Å². The second kappa shape index (κ2) is 8.10. The van der Waals surface area contributed by atoms with Crippen molar-refractivity contribution in [1.82, 2.24) is 15.1 Å². The molecule has 1 atom stereocenters. The third kappa shape index (κ3) is 3.92. The first-order chi connectivity index (χ1) is 13.6. The summed E-state index contributed by atoms with van der Waals surface area (Å²) in [5.41, 5.74) is 3.86. The van der Waals surface area contributed by atoms with Crippen LogP contribution in [-0.4, -0.2) is 35.3 Å². The van der Waals surface area contributed by atoms with Gasteiger partial charge in [0.05, 0.1) is 13.3 Å². The number of aromatic amines is 1. The summed E-state index contributed by atoms with van der Waals surface area (Å²) >= 11 is 0. The van der Waals surface area contributed by atoms with E-state index in [1.54, 1.807) is 30.5 Å². The molecule has 1 unspecified atom stereocenters. The lowest BCUT2D eigenvalue weighted by Crippen LogP contribution is -2.34. The lowest BCUT2D eigenvalue weighted by molar-refractivity contribution is 0.198. The molecule has 4 nitrogen and oxygen atoms in total. The van der Waals surface area contributed by atoms with Crippen LogP contribution in [0.4, 0.5) is 8.78 Å².